The second kappa shape index (κ2) is 6.29. The van der Waals surface area contributed by atoms with Crippen molar-refractivity contribution in [3.8, 4) is 0 Å². The van der Waals surface area contributed by atoms with Crippen LogP contribution in [0.1, 0.15) is 17.5 Å². The molecule has 0 fully saturated rings. The Bertz CT molecular complexity index is 904. The number of thiazole rings is 1. The van der Waals surface area contributed by atoms with E-state index >= 15 is 0 Å². The van der Waals surface area contributed by atoms with Gasteiger partial charge in [0.1, 0.15) is 11.0 Å². The van der Waals surface area contributed by atoms with E-state index in [-0.39, 0.29) is 11.4 Å². The quantitative estimate of drug-likeness (QED) is 0.715. The lowest BCUT2D eigenvalue weighted by atomic mass is 10.2. The van der Waals surface area contributed by atoms with E-state index in [0.29, 0.717) is 22.4 Å². The summed E-state index contributed by atoms with van der Waals surface area (Å²) < 4.78 is 14.5. The number of hydrogen-bond donors (Lipinski definition) is 0. The normalized spacial score (nSPS) is 11.1. The van der Waals surface area contributed by atoms with Gasteiger partial charge in [0, 0.05) is 23.2 Å². The van der Waals surface area contributed by atoms with E-state index in [2.05, 4.69) is 4.98 Å². The molecule has 0 amide bonds. The summed E-state index contributed by atoms with van der Waals surface area (Å²) in [4.78, 5) is 20.3. The van der Waals surface area contributed by atoms with Crippen LogP contribution < -0.4 is 10.5 Å². The molecule has 2 aromatic heterocycles. The first-order chi connectivity index (χ1) is 11.0. The summed E-state index contributed by atoms with van der Waals surface area (Å²) in [7, 11) is 0. The van der Waals surface area contributed by atoms with E-state index in [1.54, 1.807) is 12.1 Å². The van der Waals surface area contributed by atoms with Gasteiger partial charge in [-0.15, -0.1) is 0 Å². The van der Waals surface area contributed by atoms with Crippen LogP contribution in [0.15, 0.2) is 35.1 Å². The van der Waals surface area contributed by atoms with Gasteiger partial charge in [0.2, 0.25) is 0 Å². The SMILES string of the molecule is CCN(Cc1cc(=O)n2c(Cl)c(C)sc2n1)c1ccc(F)cc1. The smallest absolute Gasteiger partial charge is 0.260 e. The highest BCUT2D eigenvalue weighted by Crippen LogP contribution is 2.24. The molecule has 7 heteroatoms. The molecule has 0 unspecified atom stereocenters. The number of fused-ring (bicyclic) bond motifs is 1. The number of rotatable bonds is 4. The molecule has 1 aromatic carbocycles. The highest BCUT2D eigenvalue weighted by molar-refractivity contribution is 7.17. The van der Waals surface area contributed by atoms with Gasteiger partial charge in [-0.2, -0.15) is 0 Å². The van der Waals surface area contributed by atoms with Crippen LogP contribution in [-0.4, -0.2) is 15.9 Å². The lowest BCUT2D eigenvalue weighted by molar-refractivity contribution is 0.627. The van der Waals surface area contributed by atoms with E-state index in [4.69, 9.17) is 11.6 Å². The first kappa shape index (κ1) is 16.0. The lowest BCUT2D eigenvalue weighted by Crippen LogP contribution is -2.24. The molecule has 0 radical (unpaired) electrons. The van der Waals surface area contributed by atoms with Crippen LogP contribution in [0, 0.1) is 12.7 Å². The molecule has 0 saturated carbocycles. The van der Waals surface area contributed by atoms with Gasteiger partial charge in [-0.1, -0.05) is 22.9 Å². The third kappa shape index (κ3) is 3.09. The zero-order chi connectivity index (χ0) is 16.6. The zero-order valence-electron chi connectivity index (χ0n) is 12.7. The van der Waals surface area contributed by atoms with E-state index < -0.39 is 0 Å². The molecule has 0 saturated heterocycles. The summed E-state index contributed by atoms with van der Waals surface area (Å²) in [6.07, 6.45) is 0. The Morgan fingerprint density at radius 2 is 2.04 bits per heavy atom. The van der Waals surface area contributed by atoms with Crippen LogP contribution >= 0.6 is 22.9 Å². The molecule has 0 aliphatic rings. The van der Waals surface area contributed by atoms with Gasteiger partial charge in [-0.25, -0.2) is 13.8 Å². The van der Waals surface area contributed by atoms with Crippen molar-refractivity contribution in [3.63, 3.8) is 0 Å². The Morgan fingerprint density at radius 3 is 2.70 bits per heavy atom. The van der Waals surface area contributed by atoms with Crippen LogP contribution in [-0.2, 0) is 6.54 Å². The summed E-state index contributed by atoms with van der Waals surface area (Å²) in [6.45, 7) is 5.05. The minimum atomic E-state index is -0.272. The van der Waals surface area contributed by atoms with Gasteiger partial charge in [0.25, 0.3) is 5.56 Å². The number of benzene rings is 1. The van der Waals surface area contributed by atoms with Gasteiger partial charge in [-0.05, 0) is 38.1 Å². The second-order valence-corrected chi connectivity index (χ2v) is 6.68. The molecule has 0 N–H and O–H groups in total. The van der Waals surface area contributed by atoms with Gasteiger partial charge >= 0.3 is 0 Å². The third-order valence-electron chi connectivity index (χ3n) is 3.60. The molecule has 0 spiro atoms. The number of aromatic nitrogens is 2. The van der Waals surface area contributed by atoms with E-state index in [0.717, 1.165) is 17.1 Å². The van der Waals surface area contributed by atoms with Crippen molar-refractivity contribution in [2.24, 2.45) is 0 Å². The molecule has 23 heavy (non-hydrogen) atoms. The summed E-state index contributed by atoms with van der Waals surface area (Å²) in [5, 5.41) is 0.417. The fourth-order valence-electron chi connectivity index (χ4n) is 2.41. The Labute approximate surface area is 141 Å². The molecular weight excluding hydrogens is 337 g/mol. The first-order valence-corrected chi connectivity index (χ1v) is 8.37. The number of hydrogen-bond acceptors (Lipinski definition) is 4. The highest BCUT2D eigenvalue weighted by atomic mass is 35.5. The average molecular weight is 352 g/mol. The highest BCUT2D eigenvalue weighted by Gasteiger charge is 2.13. The Hall–Kier alpha value is -1.92. The fourth-order valence-corrected chi connectivity index (χ4v) is 3.62. The minimum absolute atomic E-state index is 0.186. The predicted molar refractivity (Wildman–Crippen MR) is 92.2 cm³/mol. The van der Waals surface area contributed by atoms with Crippen molar-refractivity contribution in [2.45, 2.75) is 20.4 Å². The molecule has 0 bridgehead atoms. The topological polar surface area (TPSA) is 37.6 Å². The summed E-state index contributed by atoms with van der Waals surface area (Å²) in [5.74, 6) is -0.272. The molecule has 0 aliphatic heterocycles. The van der Waals surface area contributed by atoms with E-state index in [1.807, 2.05) is 18.7 Å². The maximum absolute atomic E-state index is 13.1. The number of aryl methyl sites for hydroxylation is 1. The Kier molecular flexibility index (Phi) is 4.37. The molecule has 0 atom stereocenters. The summed E-state index contributed by atoms with van der Waals surface area (Å²) >= 11 is 7.52. The number of anilines is 1. The molecule has 2 heterocycles. The molecule has 0 aliphatic carbocycles. The van der Waals surface area contributed by atoms with E-state index in [1.165, 1.54) is 33.9 Å². The minimum Gasteiger partial charge on any atom is -0.366 e. The third-order valence-corrected chi connectivity index (χ3v) is 5.12. The summed E-state index contributed by atoms with van der Waals surface area (Å²) in [6, 6.07) is 7.78. The van der Waals surface area contributed by atoms with Crippen LogP contribution in [0.5, 0.6) is 0 Å². The lowest BCUT2D eigenvalue weighted by Gasteiger charge is -2.22. The zero-order valence-corrected chi connectivity index (χ0v) is 14.3. The monoisotopic (exact) mass is 351 g/mol. The van der Waals surface area contributed by atoms with Crippen molar-refractivity contribution < 1.29 is 4.39 Å². The van der Waals surface area contributed by atoms with Crippen molar-refractivity contribution in [2.75, 3.05) is 11.4 Å². The Morgan fingerprint density at radius 1 is 1.35 bits per heavy atom. The predicted octanol–water partition coefficient (Wildman–Crippen LogP) is 3.88. The van der Waals surface area contributed by atoms with E-state index in [9.17, 15) is 9.18 Å². The average Bonchev–Trinajstić information content (AvgIpc) is 2.81. The van der Waals surface area contributed by atoms with Crippen molar-refractivity contribution >= 4 is 33.6 Å². The van der Waals surface area contributed by atoms with Gasteiger partial charge in [-0.3, -0.25) is 4.79 Å². The van der Waals surface area contributed by atoms with Crippen LogP contribution in [0.2, 0.25) is 5.15 Å². The van der Waals surface area contributed by atoms with Crippen LogP contribution in [0.4, 0.5) is 10.1 Å². The fraction of sp³-hybridized carbons (Fsp3) is 0.250. The maximum Gasteiger partial charge on any atom is 0.260 e. The molecular formula is C16H15ClFN3OS. The molecule has 3 aromatic rings. The molecule has 4 nitrogen and oxygen atoms in total. The van der Waals surface area contributed by atoms with Crippen molar-refractivity contribution in [1.82, 2.24) is 9.38 Å². The van der Waals surface area contributed by atoms with Gasteiger partial charge in [0.05, 0.1) is 12.2 Å². The standard InChI is InChI=1S/C16H15ClFN3OS/c1-3-20(13-6-4-11(18)5-7-13)9-12-8-14(22)21-15(17)10(2)23-16(21)19-12/h4-8H,3,9H2,1-2H3. The largest absolute Gasteiger partial charge is 0.366 e. The number of halogens is 2. The maximum atomic E-state index is 13.1. The van der Waals surface area contributed by atoms with Crippen LogP contribution in [0.3, 0.4) is 0 Å². The molecule has 3 rings (SSSR count). The second-order valence-electron chi connectivity index (χ2n) is 5.14. The first-order valence-electron chi connectivity index (χ1n) is 7.17. The number of nitrogens with zero attached hydrogens (tertiary/aromatic N) is 3. The van der Waals surface area contributed by atoms with Crippen molar-refractivity contribution in [1.29, 1.82) is 0 Å². The Balaban J connectivity index is 1.96. The summed E-state index contributed by atoms with van der Waals surface area (Å²) in [5.41, 5.74) is 1.37. The van der Waals surface area contributed by atoms with Gasteiger partial charge in [0.15, 0.2) is 4.96 Å². The van der Waals surface area contributed by atoms with Gasteiger partial charge < -0.3 is 4.90 Å². The molecule has 120 valence electrons. The van der Waals surface area contributed by atoms with Crippen LogP contribution in [0.25, 0.3) is 4.96 Å². The van der Waals surface area contributed by atoms with Crippen molar-refractivity contribution in [3.05, 3.63) is 62.2 Å².